The van der Waals surface area contributed by atoms with E-state index in [1.165, 1.54) is 0 Å². The van der Waals surface area contributed by atoms with E-state index < -0.39 is 5.92 Å². The number of ether oxygens (including phenoxy) is 1. The van der Waals surface area contributed by atoms with E-state index >= 15 is 0 Å². The van der Waals surface area contributed by atoms with E-state index in [0.29, 0.717) is 29.6 Å². The van der Waals surface area contributed by atoms with Crippen molar-refractivity contribution in [1.82, 2.24) is 9.97 Å². The van der Waals surface area contributed by atoms with E-state index in [0.717, 1.165) is 31.7 Å². The Morgan fingerprint density at radius 1 is 1.28 bits per heavy atom. The Kier molecular flexibility index (Phi) is 5.20. The lowest BCUT2D eigenvalue weighted by atomic mass is 9.92. The fraction of sp³-hybridized carbons (Fsp3) is 0.400. The molecule has 0 bridgehead atoms. The number of rotatable bonds is 5. The summed E-state index contributed by atoms with van der Waals surface area (Å²) in [5.41, 5.74) is 7.28. The van der Waals surface area contributed by atoms with Gasteiger partial charge in [0.05, 0.1) is 18.1 Å². The normalized spacial score (nSPS) is 18.2. The molecule has 0 saturated carbocycles. The number of aromatic nitrogens is 2. The van der Waals surface area contributed by atoms with Crippen molar-refractivity contribution in [3.8, 4) is 5.75 Å². The largest absolute Gasteiger partial charge is 0.494 e. The van der Waals surface area contributed by atoms with Crippen LogP contribution in [0.4, 0.5) is 23.3 Å². The number of nitrogens with zero attached hydrogens (tertiary/aromatic N) is 3. The van der Waals surface area contributed by atoms with Crippen LogP contribution >= 0.6 is 0 Å². The van der Waals surface area contributed by atoms with Gasteiger partial charge >= 0.3 is 0 Å². The van der Waals surface area contributed by atoms with Gasteiger partial charge in [0.25, 0.3) is 0 Å². The van der Waals surface area contributed by atoms with Crippen LogP contribution in [0.1, 0.15) is 37.7 Å². The molecule has 4 N–H and O–H groups in total. The van der Waals surface area contributed by atoms with E-state index in [9.17, 15) is 9.59 Å². The van der Waals surface area contributed by atoms with Crippen LogP contribution < -0.4 is 26.0 Å². The molecule has 29 heavy (non-hydrogen) atoms. The standard InChI is InChI=1S/C20H24N6O3/c1-2-29-13-7-5-12(6-8-13)22-19(28)14-11-15(27)23-18-16(14)17(21)24-20(25-18)26-9-3-4-10-26/h5-8,14H,2-4,9-11H2,1H3,(H,22,28)(H3,21,23,24,25,27)/t14-/m0/s1. The summed E-state index contributed by atoms with van der Waals surface area (Å²) in [6.07, 6.45) is 2.13. The lowest BCUT2D eigenvalue weighted by Gasteiger charge is -2.26. The van der Waals surface area contributed by atoms with Gasteiger partial charge < -0.3 is 26.0 Å². The summed E-state index contributed by atoms with van der Waals surface area (Å²) in [4.78, 5) is 36.1. The van der Waals surface area contributed by atoms with Crippen LogP contribution in [0.3, 0.4) is 0 Å². The maximum atomic E-state index is 12.9. The third-order valence-electron chi connectivity index (χ3n) is 5.10. The fourth-order valence-corrected chi connectivity index (χ4v) is 3.70. The third-order valence-corrected chi connectivity index (χ3v) is 5.10. The van der Waals surface area contributed by atoms with Gasteiger partial charge in [-0.3, -0.25) is 9.59 Å². The zero-order valence-electron chi connectivity index (χ0n) is 16.3. The SMILES string of the molecule is CCOc1ccc(NC(=O)[C@H]2CC(=O)Nc3nc(N4CCCC4)nc(N)c32)cc1. The smallest absolute Gasteiger partial charge is 0.232 e. The second kappa shape index (κ2) is 7.94. The van der Waals surface area contributed by atoms with Crippen LogP contribution in [-0.4, -0.2) is 41.5 Å². The molecule has 0 radical (unpaired) electrons. The number of nitrogens with two attached hydrogens (primary N) is 1. The van der Waals surface area contributed by atoms with Crippen LogP contribution in [0.15, 0.2) is 24.3 Å². The van der Waals surface area contributed by atoms with Gasteiger partial charge in [-0.1, -0.05) is 0 Å². The first-order chi connectivity index (χ1) is 14.0. The second-order valence-electron chi connectivity index (χ2n) is 7.12. The van der Waals surface area contributed by atoms with E-state index in [4.69, 9.17) is 10.5 Å². The van der Waals surface area contributed by atoms with Crippen LogP contribution in [0.25, 0.3) is 0 Å². The summed E-state index contributed by atoms with van der Waals surface area (Å²) in [6, 6.07) is 7.06. The maximum absolute atomic E-state index is 12.9. The van der Waals surface area contributed by atoms with Crippen LogP contribution in [0, 0.1) is 0 Å². The molecule has 0 spiro atoms. The van der Waals surface area contributed by atoms with E-state index in [1.54, 1.807) is 24.3 Å². The highest BCUT2D eigenvalue weighted by Crippen LogP contribution is 2.37. The molecule has 2 aliphatic heterocycles. The molecule has 1 aromatic heterocycles. The second-order valence-corrected chi connectivity index (χ2v) is 7.12. The third kappa shape index (κ3) is 3.94. The highest BCUT2D eigenvalue weighted by atomic mass is 16.5. The van der Waals surface area contributed by atoms with Crippen molar-refractivity contribution in [2.75, 3.05) is 41.0 Å². The van der Waals surface area contributed by atoms with E-state index in [1.807, 2.05) is 11.8 Å². The van der Waals surface area contributed by atoms with Gasteiger partial charge in [0.1, 0.15) is 17.4 Å². The van der Waals surface area contributed by atoms with Gasteiger partial charge in [-0.2, -0.15) is 9.97 Å². The lowest BCUT2D eigenvalue weighted by Crippen LogP contribution is -2.33. The van der Waals surface area contributed by atoms with Crippen molar-refractivity contribution in [3.05, 3.63) is 29.8 Å². The monoisotopic (exact) mass is 396 g/mol. The minimum absolute atomic E-state index is 0.00746. The number of nitrogen functional groups attached to an aromatic ring is 1. The van der Waals surface area contributed by atoms with Crippen LogP contribution in [-0.2, 0) is 9.59 Å². The summed E-state index contributed by atoms with van der Waals surface area (Å²) >= 11 is 0. The molecule has 9 heteroatoms. The minimum atomic E-state index is -0.752. The molecule has 3 heterocycles. The van der Waals surface area contributed by atoms with Gasteiger partial charge in [0.15, 0.2) is 0 Å². The number of nitrogens with one attached hydrogen (secondary N) is 2. The molecule has 0 aliphatic carbocycles. The van der Waals surface area contributed by atoms with Gasteiger partial charge in [0, 0.05) is 25.2 Å². The molecule has 1 fully saturated rings. The molecule has 9 nitrogen and oxygen atoms in total. The quantitative estimate of drug-likeness (QED) is 0.707. The Labute approximate surface area is 168 Å². The molecular formula is C20H24N6O3. The molecule has 2 aromatic rings. The summed E-state index contributed by atoms with van der Waals surface area (Å²) in [6.45, 7) is 4.18. The molecule has 1 atom stereocenters. The average molecular weight is 396 g/mol. The molecule has 4 rings (SSSR count). The van der Waals surface area contributed by atoms with Crippen LogP contribution in [0.2, 0.25) is 0 Å². The molecular weight excluding hydrogens is 372 g/mol. The number of benzene rings is 1. The van der Waals surface area contributed by atoms with Crippen molar-refractivity contribution in [2.45, 2.75) is 32.1 Å². The summed E-state index contributed by atoms with van der Waals surface area (Å²) in [5, 5.41) is 5.58. The fourth-order valence-electron chi connectivity index (χ4n) is 3.70. The first-order valence-corrected chi connectivity index (χ1v) is 9.81. The van der Waals surface area contributed by atoms with Gasteiger partial charge in [-0.05, 0) is 44.0 Å². The Bertz CT molecular complexity index is 925. The molecule has 1 aromatic carbocycles. The highest BCUT2D eigenvalue weighted by Gasteiger charge is 2.35. The Balaban J connectivity index is 1.58. The molecule has 1 saturated heterocycles. The molecule has 0 unspecified atom stereocenters. The summed E-state index contributed by atoms with van der Waals surface area (Å²) < 4.78 is 5.41. The highest BCUT2D eigenvalue weighted by molar-refractivity contribution is 6.05. The number of hydrogen-bond acceptors (Lipinski definition) is 7. The number of carbonyl (C=O) groups excluding carboxylic acids is 2. The average Bonchev–Trinajstić information content (AvgIpc) is 3.23. The molecule has 2 amide bonds. The predicted octanol–water partition coefficient (Wildman–Crippen LogP) is 2.12. The number of anilines is 4. The van der Waals surface area contributed by atoms with Gasteiger partial charge in [-0.15, -0.1) is 0 Å². The summed E-state index contributed by atoms with van der Waals surface area (Å²) in [7, 11) is 0. The van der Waals surface area contributed by atoms with Crippen molar-refractivity contribution in [2.24, 2.45) is 0 Å². The van der Waals surface area contributed by atoms with Crippen molar-refractivity contribution in [3.63, 3.8) is 0 Å². The number of carbonyl (C=O) groups is 2. The van der Waals surface area contributed by atoms with Crippen molar-refractivity contribution in [1.29, 1.82) is 0 Å². The number of hydrogen-bond donors (Lipinski definition) is 3. The first kappa shape index (κ1) is 19.0. The zero-order chi connectivity index (χ0) is 20.4. The number of fused-ring (bicyclic) bond motifs is 1. The predicted molar refractivity (Wildman–Crippen MR) is 110 cm³/mol. The Morgan fingerprint density at radius 2 is 2.00 bits per heavy atom. The number of amides is 2. The first-order valence-electron chi connectivity index (χ1n) is 9.81. The van der Waals surface area contributed by atoms with Crippen molar-refractivity contribution < 1.29 is 14.3 Å². The maximum Gasteiger partial charge on any atom is 0.232 e. The molecule has 2 aliphatic rings. The Hall–Kier alpha value is -3.36. The summed E-state index contributed by atoms with van der Waals surface area (Å²) in [5.74, 6) is 0.417. The Morgan fingerprint density at radius 3 is 2.69 bits per heavy atom. The van der Waals surface area contributed by atoms with Gasteiger partial charge in [0.2, 0.25) is 17.8 Å². The zero-order valence-corrected chi connectivity index (χ0v) is 16.3. The topological polar surface area (TPSA) is 122 Å². The van der Waals surface area contributed by atoms with Crippen LogP contribution in [0.5, 0.6) is 5.75 Å². The van der Waals surface area contributed by atoms with E-state index in [2.05, 4.69) is 20.6 Å². The molecule has 152 valence electrons. The van der Waals surface area contributed by atoms with E-state index in [-0.39, 0.29) is 24.1 Å². The van der Waals surface area contributed by atoms with Gasteiger partial charge in [-0.25, -0.2) is 0 Å². The van der Waals surface area contributed by atoms with Crippen molar-refractivity contribution >= 4 is 35.1 Å². The lowest BCUT2D eigenvalue weighted by molar-refractivity contribution is -0.123. The minimum Gasteiger partial charge on any atom is -0.494 e.